The van der Waals surface area contributed by atoms with Gasteiger partial charge in [-0.25, -0.2) is 0 Å². The Kier molecular flexibility index (Phi) is 2.86. The van der Waals surface area contributed by atoms with E-state index in [9.17, 15) is 0 Å². The molecule has 2 heteroatoms. The molecule has 0 heterocycles. The van der Waals surface area contributed by atoms with Crippen molar-refractivity contribution in [1.29, 1.82) is 0 Å². The standard InChI is InChI=1S/C7H6Cl.Sn/c1-6-2-4-7(8)5-3-6;/h2-5H,1H2;. The number of benzene rings is 1. The summed E-state index contributed by atoms with van der Waals surface area (Å²) in [5, 5.41) is 0.822. The second kappa shape index (κ2) is 3.47. The first-order valence-corrected chi connectivity index (χ1v) is 5.11. The van der Waals surface area contributed by atoms with Crippen molar-refractivity contribution in [3.05, 3.63) is 34.9 Å². The summed E-state index contributed by atoms with van der Waals surface area (Å²) >= 11 is 7.22. The van der Waals surface area contributed by atoms with Crippen LogP contribution in [-0.4, -0.2) is 22.5 Å². The zero-order chi connectivity index (χ0) is 6.69. The van der Waals surface area contributed by atoms with E-state index in [-0.39, 0.29) is 0 Å². The van der Waals surface area contributed by atoms with Crippen LogP contribution in [0, 0.1) is 0 Å². The van der Waals surface area contributed by atoms with Crippen molar-refractivity contribution in [2.75, 3.05) is 0 Å². The second-order valence-electron chi connectivity index (χ2n) is 1.80. The Morgan fingerprint density at radius 1 is 1.22 bits per heavy atom. The van der Waals surface area contributed by atoms with Gasteiger partial charge in [-0.2, -0.15) is 0 Å². The number of halogens is 1. The summed E-state index contributed by atoms with van der Waals surface area (Å²) in [5.74, 6) is 0. The second-order valence-corrected chi connectivity index (χ2v) is 3.25. The molecule has 0 N–H and O–H groups in total. The third kappa shape index (κ3) is 2.18. The third-order valence-electron chi connectivity index (χ3n) is 1.12. The van der Waals surface area contributed by atoms with E-state index in [0.29, 0.717) is 0 Å². The molecule has 0 saturated heterocycles. The average Bonchev–Trinajstić information content (AvgIpc) is 1.90. The predicted octanol–water partition coefficient (Wildman–Crippen LogP) is 2.01. The van der Waals surface area contributed by atoms with Crippen LogP contribution >= 0.6 is 11.6 Å². The van der Waals surface area contributed by atoms with Gasteiger partial charge >= 0.3 is 73.4 Å². The van der Waals surface area contributed by atoms with Crippen LogP contribution in [0.4, 0.5) is 0 Å². The van der Waals surface area contributed by atoms with E-state index < -0.39 is 0 Å². The Morgan fingerprint density at radius 3 is 2.22 bits per heavy atom. The van der Waals surface area contributed by atoms with Gasteiger partial charge in [0.15, 0.2) is 0 Å². The molecule has 0 atom stereocenters. The third-order valence-corrected chi connectivity index (χ3v) is 2.53. The Hall–Kier alpha value is 0.309. The molecule has 45 valence electrons. The molecule has 1 rings (SSSR count). The van der Waals surface area contributed by atoms with Gasteiger partial charge in [-0.1, -0.05) is 0 Å². The van der Waals surface area contributed by atoms with Crippen molar-refractivity contribution in [2.45, 2.75) is 4.44 Å². The van der Waals surface area contributed by atoms with Crippen LogP contribution in [0.3, 0.4) is 0 Å². The molecule has 3 radical (unpaired) electrons. The molecule has 0 nitrogen and oxygen atoms in total. The summed E-state index contributed by atoms with van der Waals surface area (Å²) in [6.45, 7) is 0. The molecule has 1 aromatic carbocycles. The van der Waals surface area contributed by atoms with E-state index in [1.807, 2.05) is 12.1 Å². The first-order valence-electron chi connectivity index (χ1n) is 2.72. The molecule has 0 bridgehead atoms. The van der Waals surface area contributed by atoms with Gasteiger partial charge in [-0.05, 0) is 0 Å². The van der Waals surface area contributed by atoms with Crippen molar-refractivity contribution < 1.29 is 0 Å². The van der Waals surface area contributed by atoms with E-state index in [0.717, 1.165) is 5.02 Å². The number of rotatable bonds is 1. The monoisotopic (exact) mass is 245 g/mol. The molecule has 0 fully saturated rings. The Bertz CT molecular complexity index is 181. The van der Waals surface area contributed by atoms with Crippen molar-refractivity contribution in [3.63, 3.8) is 0 Å². The zero-order valence-electron chi connectivity index (χ0n) is 4.89. The first-order chi connectivity index (χ1) is 4.33. The number of hydrogen-bond acceptors (Lipinski definition) is 0. The number of hydrogen-bond donors (Lipinski definition) is 0. The van der Waals surface area contributed by atoms with Gasteiger partial charge in [-0.3, -0.25) is 0 Å². The van der Waals surface area contributed by atoms with Crippen molar-refractivity contribution in [2.24, 2.45) is 0 Å². The van der Waals surface area contributed by atoms with Crippen molar-refractivity contribution in [3.8, 4) is 0 Å². The fourth-order valence-corrected chi connectivity index (χ4v) is 1.40. The van der Waals surface area contributed by atoms with Gasteiger partial charge in [0.05, 0.1) is 0 Å². The van der Waals surface area contributed by atoms with Crippen LogP contribution in [0.15, 0.2) is 24.3 Å². The van der Waals surface area contributed by atoms with E-state index >= 15 is 0 Å². The Morgan fingerprint density at radius 2 is 1.78 bits per heavy atom. The Balaban J connectivity index is 2.88. The van der Waals surface area contributed by atoms with Gasteiger partial charge in [0, 0.05) is 0 Å². The summed E-state index contributed by atoms with van der Waals surface area (Å²) in [5.41, 5.74) is 1.37. The summed E-state index contributed by atoms with van der Waals surface area (Å²) in [6.07, 6.45) is 0. The molecule has 0 saturated carbocycles. The van der Waals surface area contributed by atoms with Crippen LogP contribution in [0.2, 0.25) is 5.02 Å². The van der Waals surface area contributed by atoms with Crippen LogP contribution in [0.5, 0.6) is 0 Å². The topological polar surface area (TPSA) is 0 Å². The Labute approximate surface area is 73.3 Å². The minimum absolute atomic E-state index is 0.822. The van der Waals surface area contributed by atoms with Crippen LogP contribution in [-0.2, 0) is 4.44 Å². The molecule has 0 unspecified atom stereocenters. The van der Waals surface area contributed by atoms with E-state index in [2.05, 4.69) is 12.1 Å². The zero-order valence-corrected chi connectivity index (χ0v) is 8.50. The molecule has 0 spiro atoms. The van der Waals surface area contributed by atoms with Crippen LogP contribution < -0.4 is 0 Å². The van der Waals surface area contributed by atoms with Gasteiger partial charge in [0.2, 0.25) is 0 Å². The molecule has 0 aliphatic heterocycles. The summed E-state index contributed by atoms with van der Waals surface area (Å²) in [4.78, 5) is 0. The van der Waals surface area contributed by atoms with E-state index in [1.165, 1.54) is 10.0 Å². The summed E-state index contributed by atoms with van der Waals surface area (Å²) in [7, 11) is 0. The summed E-state index contributed by atoms with van der Waals surface area (Å²) in [6, 6.07) is 8.00. The van der Waals surface area contributed by atoms with Crippen LogP contribution in [0.1, 0.15) is 5.56 Å². The SMILES string of the molecule is Clc1ccc([CH2][Sn])cc1. The molecule has 0 aromatic heterocycles. The average molecular weight is 244 g/mol. The quantitative estimate of drug-likeness (QED) is 0.663. The van der Waals surface area contributed by atoms with Crippen molar-refractivity contribution >= 4 is 34.1 Å². The van der Waals surface area contributed by atoms with Gasteiger partial charge < -0.3 is 0 Å². The molecule has 0 amide bonds. The molecule has 0 aliphatic carbocycles. The molecular formula is C7H6ClSn. The van der Waals surface area contributed by atoms with E-state index in [1.54, 1.807) is 22.5 Å². The first kappa shape index (κ1) is 7.42. The molecule has 1 aromatic rings. The molecule has 0 aliphatic rings. The van der Waals surface area contributed by atoms with Crippen molar-refractivity contribution in [1.82, 2.24) is 0 Å². The van der Waals surface area contributed by atoms with Gasteiger partial charge in [0.25, 0.3) is 0 Å². The maximum atomic E-state index is 5.68. The van der Waals surface area contributed by atoms with Gasteiger partial charge in [0.1, 0.15) is 0 Å². The molecule has 9 heavy (non-hydrogen) atoms. The molecular weight excluding hydrogens is 238 g/mol. The predicted molar refractivity (Wildman–Crippen MR) is 40.9 cm³/mol. The minimum atomic E-state index is 0.822. The fourth-order valence-electron chi connectivity index (χ4n) is 0.602. The van der Waals surface area contributed by atoms with Gasteiger partial charge in [-0.15, -0.1) is 0 Å². The normalized spacial score (nSPS) is 9.56. The maximum absolute atomic E-state index is 5.68. The van der Waals surface area contributed by atoms with E-state index in [4.69, 9.17) is 11.6 Å². The fraction of sp³-hybridized carbons (Fsp3) is 0.143. The summed E-state index contributed by atoms with van der Waals surface area (Å²) < 4.78 is 1.17. The van der Waals surface area contributed by atoms with Crippen LogP contribution in [0.25, 0.3) is 0 Å².